The monoisotopic (exact) mass is 789 g/mol. The average Bonchev–Trinajstić information content (AvgIpc) is 3.19. The van der Waals surface area contributed by atoms with Gasteiger partial charge in [0.2, 0.25) is 0 Å². The van der Waals surface area contributed by atoms with Crippen molar-refractivity contribution in [3.63, 3.8) is 0 Å². The second kappa shape index (κ2) is 45.6. The first-order chi connectivity index (χ1) is 27.5. The minimum Gasteiger partial charge on any atom is -0.462 e. The van der Waals surface area contributed by atoms with Crippen molar-refractivity contribution in [1.29, 1.82) is 0 Å². The predicted molar refractivity (Wildman–Crippen MR) is 238 cm³/mol. The van der Waals surface area contributed by atoms with E-state index in [0.29, 0.717) is 19.3 Å². The fraction of sp³-hybridized carbons (Fsp3) is 0.860. The molecule has 0 aromatic carbocycles. The number of ether oxygens (including phenoxy) is 3. The van der Waals surface area contributed by atoms with E-state index in [-0.39, 0.29) is 31.1 Å². The van der Waals surface area contributed by atoms with Crippen LogP contribution in [0.3, 0.4) is 0 Å². The van der Waals surface area contributed by atoms with Gasteiger partial charge in [0.1, 0.15) is 13.2 Å². The molecule has 0 spiro atoms. The fourth-order valence-corrected chi connectivity index (χ4v) is 7.07. The number of allylic oxidation sites excluding steroid dienone is 4. The summed E-state index contributed by atoms with van der Waals surface area (Å²) in [6.07, 6.45) is 50.1. The third-order valence-electron chi connectivity index (χ3n) is 10.7. The lowest BCUT2D eigenvalue weighted by atomic mass is 10.0. The molecule has 1 unspecified atom stereocenters. The normalized spacial score (nSPS) is 12.1. The van der Waals surface area contributed by atoms with Crippen LogP contribution in [0.2, 0.25) is 0 Å². The Hall–Kier alpha value is -2.11. The zero-order valence-corrected chi connectivity index (χ0v) is 37.4. The molecule has 0 amide bonds. The van der Waals surface area contributed by atoms with Crippen LogP contribution in [0, 0.1) is 0 Å². The topological polar surface area (TPSA) is 78.9 Å². The zero-order chi connectivity index (χ0) is 40.8. The molecule has 0 radical (unpaired) electrons. The molecule has 1 atom stereocenters. The van der Waals surface area contributed by atoms with Crippen molar-refractivity contribution >= 4 is 17.9 Å². The summed E-state index contributed by atoms with van der Waals surface area (Å²) in [7, 11) is 0. The van der Waals surface area contributed by atoms with Crippen molar-refractivity contribution in [3.8, 4) is 0 Å². The summed E-state index contributed by atoms with van der Waals surface area (Å²) >= 11 is 0. The van der Waals surface area contributed by atoms with Crippen LogP contribution in [0.4, 0.5) is 0 Å². The van der Waals surface area contributed by atoms with E-state index in [0.717, 1.165) is 77.0 Å². The predicted octanol–water partition coefficient (Wildman–Crippen LogP) is 15.6. The van der Waals surface area contributed by atoms with Gasteiger partial charge >= 0.3 is 17.9 Å². The van der Waals surface area contributed by atoms with Gasteiger partial charge in [-0.2, -0.15) is 0 Å². The van der Waals surface area contributed by atoms with E-state index >= 15 is 0 Å². The molecule has 0 aliphatic carbocycles. The van der Waals surface area contributed by atoms with Crippen LogP contribution in [0.5, 0.6) is 0 Å². The summed E-state index contributed by atoms with van der Waals surface area (Å²) in [5.74, 6) is -0.869. The van der Waals surface area contributed by atoms with E-state index in [4.69, 9.17) is 14.2 Å². The fourth-order valence-electron chi connectivity index (χ4n) is 7.07. The van der Waals surface area contributed by atoms with Gasteiger partial charge in [0.15, 0.2) is 6.10 Å². The molecule has 0 saturated heterocycles. The van der Waals surface area contributed by atoms with Crippen molar-refractivity contribution < 1.29 is 28.6 Å². The molecule has 0 aromatic heterocycles. The van der Waals surface area contributed by atoms with Gasteiger partial charge in [0.05, 0.1) is 0 Å². The molecule has 0 aromatic rings. The summed E-state index contributed by atoms with van der Waals surface area (Å²) in [5, 5.41) is 0. The Morgan fingerprint density at radius 3 is 1.07 bits per heavy atom. The quantitative estimate of drug-likeness (QED) is 0.0265. The Morgan fingerprint density at radius 1 is 0.375 bits per heavy atom. The molecular weight excluding hydrogens is 697 g/mol. The summed E-state index contributed by atoms with van der Waals surface area (Å²) in [6.45, 7) is 6.53. The highest BCUT2D eigenvalue weighted by molar-refractivity contribution is 5.71. The summed E-state index contributed by atoms with van der Waals surface area (Å²) in [4.78, 5) is 37.8. The molecular formula is C50H92O6. The second-order valence-electron chi connectivity index (χ2n) is 16.4. The Balaban J connectivity index is 4.33. The number of hydrogen-bond donors (Lipinski definition) is 0. The van der Waals surface area contributed by atoms with Crippen molar-refractivity contribution in [2.45, 2.75) is 264 Å². The van der Waals surface area contributed by atoms with Gasteiger partial charge in [-0.05, 0) is 44.9 Å². The van der Waals surface area contributed by atoms with E-state index in [1.54, 1.807) is 0 Å². The molecule has 56 heavy (non-hydrogen) atoms. The first-order valence-electron chi connectivity index (χ1n) is 24.3. The van der Waals surface area contributed by atoms with Crippen molar-refractivity contribution in [2.24, 2.45) is 0 Å². The van der Waals surface area contributed by atoms with E-state index < -0.39 is 6.10 Å². The number of carbonyl (C=O) groups excluding carboxylic acids is 3. The van der Waals surface area contributed by atoms with Crippen LogP contribution < -0.4 is 0 Å². The van der Waals surface area contributed by atoms with Gasteiger partial charge in [-0.25, -0.2) is 0 Å². The smallest absolute Gasteiger partial charge is 0.306 e. The van der Waals surface area contributed by atoms with E-state index in [1.165, 1.54) is 141 Å². The summed E-state index contributed by atoms with van der Waals surface area (Å²) in [6, 6.07) is 0. The first-order valence-corrected chi connectivity index (χ1v) is 24.3. The Kier molecular flexibility index (Phi) is 43.9. The molecule has 0 aliphatic heterocycles. The van der Waals surface area contributed by atoms with Gasteiger partial charge in [-0.3, -0.25) is 14.4 Å². The average molecular weight is 789 g/mol. The Bertz CT molecular complexity index is 911. The lowest BCUT2D eigenvalue weighted by molar-refractivity contribution is -0.167. The minimum atomic E-state index is -0.766. The van der Waals surface area contributed by atoms with Crippen molar-refractivity contribution in [1.82, 2.24) is 0 Å². The number of rotatable bonds is 44. The molecule has 0 bridgehead atoms. The van der Waals surface area contributed by atoms with Crippen LogP contribution >= 0.6 is 0 Å². The maximum absolute atomic E-state index is 12.7. The molecule has 328 valence electrons. The maximum atomic E-state index is 12.7. The molecule has 6 nitrogen and oxygen atoms in total. The molecule has 0 aliphatic rings. The number of carbonyl (C=O) groups is 3. The third-order valence-corrected chi connectivity index (χ3v) is 10.7. The maximum Gasteiger partial charge on any atom is 0.306 e. The molecule has 6 heteroatoms. The van der Waals surface area contributed by atoms with E-state index in [2.05, 4.69) is 45.1 Å². The van der Waals surface area contributed by atoms with Crippen LogP contribution in [0.15, 0.2) is 24.3 Å². The summed E-state index contributed by atoms with van der Waals surface area (Å²) < 4.78 is 16.7. The van der Waals surface area contributed by atoms with Gasteiger partial charge in [0.25, 0.3) is 0 Å². The van der Waals surface area contributed by atoms with Crippen LogP contribution in [-0.2, 0) is 28.6 Å². The molecule has 0 rings (SSSR count). The number of hydrogen-bond acceptors (Lipinski definition) is 6. The number of esters is 3. The highest BCUT2D eigenvalue weighted by atomic mass is 16.6. The highest BCUT2D eigenvalue weighted by Gasteiger charge is 2.19. The van der Waals surface area contributed by atoms with E-state index in [9.17, 15) is 14.4 Å². The Morgan fingerprint density at radius 2 is 0.696 bits per heavy atom. The molecule has 0 fully saturated rings. The summed E-state index contributed by atoms with van der Waals surface area (Å²) in [5.41, 5.74) is 0. The van der Waals surface area contributed by atoms with E-state index in [1.807, 2.05) is 0 Å². The minimum absolute atomic E-state index is 0.0694. The highest BCUT2D eigenvalue weighted by Crippen LogP contribution is 2.16. The molecule has 0 heterocycles. The Labute approximate surface area is 347 Å². The van der Waals surface area contributed by atoms with Crippen molar-refractivity contribution in [2.75, 3.05) is 13.2 Å². The first kappa shape index (κ1) is 53.9. The van der Waals surface area contributed by atoms with Gasteiger partial charge in [0, 0.05) is 19.3 Å². The molecule has 0 N–H and O–H groups in total. The largest absolute Gasteiger partial charge is 0.462 e. The van der Waals surface area contributed by atoms with Crippen LogP contribution in [-0.4, -0.2) is 37.2 Å². The van der Waals surface area contributed by atoms with Gasteiger partial charge < -0.3 is 14.2 Å². The lowest BCUT2D eigenvalue weighted by Gasteiger charge is -2.18. The SMILES string of the molecule is CC/C=C\C/C=C\CCCCCCCCCC(=O)OCC(COC(=O)CCCCCCCCCCCC)OC(=O)CCCCCCCCCCCCCCCC. The third kappa shape index (κ3) is 43.0. The van der Waals surface area contributed by atoms with Gasteiger partial charge in [-0.1, -0.05) is 218 Å². The lowest BCUT2D eigenvalue weighted by Crippen LogP contribution is -2.30. The standard InChI is InChI=1S/C50H92O6/c1-4-7-10-13-16-19-22-24-26-28-31-34-37-40-43-49(52)55-46-47(45-54-48(51)42-39-36-33-30-21-18-15-12-9-6-3)56-50(53)44-41-38-35-32-29-27-25-23-20-17-14-11-8-5-2/h7,10,16,19,47H,4-6,8-9,11-15,17-18,20-46H2,1-3H3/b10-7-,19-16-. The van der Waals surface area contributed by atoms with Crippen LogP contribution in [0.25, 0.3) is 0 Å². The molecule has 0 saturated carbocycles. The van der Waals surface area contributed by atoms with Crippen molar-refractivity contribution in [3.05, 3.63) is 24.3 Å². The second-order valence-corrected chi connectivity index (χ2v) is 16.4. The van der Waals surface area contributed by atoms with Crippen LogP contribution in [0.1, 0.15) is 258 Å². The zero-order valence-electron chi connectivity index (χ0n) is 37.4. The number of unbranched alkanes of at least 4 members (excludes halogenated alkanes) is 29. The van der Waals surface area contributed by atoms with Gasteiger partial charge in [-0.15, -0.1) is 0 Å².